The number of carbonyl (C=O) groups is 1. The number of hydrogen-bond donors (Lipinski definition) is 1. The molecule has 0 fully saturated rings. The maximum absolute atomic E-state index is 11.7. The summed E-state index contributed by atoms with van der Waals surface area (Å²) < 4.78 is 5.40. The minimum atomic E-state index is -0.456. The molecule has 0 aromatic heterocycles. The van der Waals surface area contributed by atoms with Crippen molar-refractivity contribution in [2.75, 3.05) is 6.61 Å². The molecular weight excluding hydrogens is 322 g/mol. The Labute approximate surface area is 145 Å². The lowest BCUT2D eigenvalue weighted by Gasteiger charge is -2.07. The zero-order chi connectivity index (χ0) is 18.4. The molecule has 0 radical (unpaired) electrons. The fraction of sp³-hybridized carbons (Fsp3) is 0.222. The third-order valence-electron chi connectivity index (χ3n) is 3.68. The highest BCUT2D eigenvalue weighted by Crippen LogP contribution is 2.18. The molecule has 2 aromatic rings. The van der Waals surface area contributed by atoms with Gasteiger partial charge in [-0.2, -0.15) is 5.10 Å². The van der Waals surface area contributed by atoms with Crippen molar-refractivity contribution >= 4 is 17.8 Å². The molecule has 0 aliphatic rings. The number of nitro benzene ring substituents is 1. The van der Waals surface area contributed by atoms with E-state index in [4.69, 9.17) is 4.74 Å². The molecule has 25 heavy (non-hydrogen) atoms. The second-order valence-electron chi connectivity index (χ2n) is 5.63. The van der Waals surface area contributed by atoms with Crippen LogP contribution in [0.3, 0.4) is 0 Å². The van der Waals surface area contributed by atoms with Gasteiger partial charge in [0.25, 0.3) is 11.6 Å². The normalized spacial score (nSPS) is 10.7. The molecule has 0 saturated heterocycles. The Morgan fingerprint density at radius 2 is 1.88 bits per heavy atom. The second kappa shape index (κ2) is 8.05. The first-order valence-electron chi connectivity index (χ1n) is 7.64. The van der Waals surface area contributed by atoms with Crippen molar-refractivity contribution in [3.8, 4) is 5.75 Å². The average Bonchev–Trinajstić information content (AvgIpc) is 2.57. The smallest absolute Gasteiger partial charge is 0.277 e. The van der Waals surface area contributed by atoms with Crippen LogP contribution in [0.25, 0.3) is 0 Å². The number of aryl methyl sites for hydroxylation is 3. The van der Waals surface area contributed by atoms with Gasteiger partial charge in [-0.1, -0.05) is 18.2 Å². The van der Waals surface area contributed by atoms with Crippen molar-refractivity contribution in [3.05, 3.63) is 68.8 Å². The van der Waals surface area contributed by atoms with E-state index in [1.54, 1.807) is 25.1 Å². The first kappa shape index (κ1) is 18.1. The van der Waals surface area contributed by atoms with Crippen LogP contribution in [0.5, 0.6) is 5.75 Å². The van der Waals surface area contributed by atoms with Gasteiger partial charge < -0.3 is 4.74 Å². The highest BCUT2D eigenvalue weighted by molar-refractivity contribution is 5.83. The molecule has 1 N–H and O–H groups in total. The lowest BCUT2D eigenvalue weighted by atomic mass is 10.1. The van der Waals surface area contributed by atoms with Crippen LogP contribution in [0.4, 0.5) is 5.69 Å². The second-order valence-corrected chi connectivity index (χ2v) is 5.63. The average molecular weight is 341 g/mol. The number of amides is 1. The molecule has 130 valence electrons. The largest absolute Gasteiger partial charge is 0.484 e. The van der Waals surface area contributed by atoms with E-state index in [2.05, 4.69) is 10.5 Å². The van der Waals surface area contributed by atoms with E-state index in [-0.39, 0.29) is 12.3 Å². The van der Waals surface area contributed by atoms with Crippen LogP contribution in [0.15, 0.2) is 41.5 Å². The monoisotopic (exact) mass is 341 g/mol. The fourth-order valence-corrected chi connectivity index (χ4v) is 2.07. The van der Waals surface area contributed by atoms with Crippen LogP contribution < -0.4 is 10.2 Å². The molecule has 7 heteroatoms. The predicted molar refractivity (Wildman–Crippen MR) is 95.0 cm³/mol. The number of nitrogens with zero attached hydrogens (tertiary/aromatic N) is 2. The Bertz CT molecular complexity index is 831. The number of rotatable bonds is 6. The summed E-state index contributed by atoms with van der Waals surface area (Å²) in [5, 5.41) is 14.7. The first-order chi connectivity index (χ1) is 11.9. The molecule has 1 amide bonds. The van der Waals surface area contributed by atoms with E-state index in [0.29, 0.717) is 16.9 Å². The Morgan fingerprint density at radius 1 is 1.16 bits per heavy atom. The van der Waals surface area contributed by atoms with Crippen LogP contribution >= 0.6 is 0 Å². The summed E-state index contributed by atoms with van der Waals surface area (Å²) in [6.07, 6.45) is 1.35. The highest BCUT2D eigenvalue weighted by atomic mass is 16.6. The number of benzene rings is 2. The van der Waals surface area contributed by atoms with E-state index in [0.717, 1.165) is 11.1 Å². The molecule has 0 aliphatic heterocycles. The first-order valence-corrected chi connectivity index (χ1v) is 7.64. The third-order valence-corrected chi connectivity index (χ3v) is 3.68. The molecule has 0 bridgehead atoms. The fourth-order valence-electron chi connectivity index (χ4n) is 2.07. The van der Waals surface area contributed by atoms with Gasteiger partial charge in [0.1, 0.15) is 5.75 Å². The maximum atomic E-state index is 11.7. The number of hydrogen-bond acceptors (Lipinski definition) is 5. The van der Waals surface area contributed by atoms with E-state index in [9.17, 15) is 14.9 Å². The van der Waals surface area contributed by atoms with E-state index in [1.165, 1.54) is 12.3 Å². The zero-order valence-electron chi connectivity index (χ0n) is 14.3. The SMILES string of the molecule is Cc1ccc(OCC(=O)N/N=C\c2ccc(C)c([N+](=O)[O-])c2)cc1C. The Hall–Kier alpha value is -3.22. The van der Waals surface area contributed by atoms with Crippen molar-refractivity contribution in [2.24, 2.45) is 5.10 Å². The lowest BCUT2D eigenvalue weighted by molar-refractivity contribution is -0.385. The van der Waals surface area contributed by atoms with Gasteiger partial charge >= 0.3 is 0 Å². The van der Waals surface area contributed by atoms with Crippen molar-refractivity contribution < 1.29 is 14.5 Å². The van der Waals surface area contributed by atoms with Crippen LogP contribution in [-0.4, -0.2) is 23.7 Å². The van der Waals surface area contributed by atoms with Gasteiger partial charge in [-0.05, 0) is 44.0 Å². The highest BCUT2D eigenvalue weighted by Gasteiger charge is 2.10. The van der Waals surface area contributed by atoms with E-state index >= 15 is 0 Å². The van der Waals surface area contributed by atoms with E-state index < -0.39 is 10.8 Å². The van der Waals surface area contributed by atoms with Crippen LogP contribution in [0, 0.1) is 30.9 Å². The van der Waals surface area contributed by atoms with E-state index in [1.807, 2.05) is 26.0 Å². The van der Waals surface area contributed by atoms with Crippen LogP contribution in [0.1, 0.15) is 22.3 Å². The summed E-state index contributed by atoms with van der Waals surface area (Å²) in [5.41, 5.74) is 5.65. The number of nitro groups is 1. The van der Waals surface area contributed by atoms with Gasteiger partial charge in [-0.3, -0.25) is 14.9 Å². The standard InChI is InChI=1S/C18H19N3O4/c1-12-5-7-16(8-14(12)3)25-11-18(22)20-19-10-15-6-4-13(2)17(9-15)21(23)24/h4-10H,11H2,1-3H3,(H,20,22)/b19-10-. The summed E-state index contributed by atoms with van der Waals surface area (Å²) >= 11 is 0. The van der Waals surface area contributed by atoms with Gasteiger partial charge in [-0.15, -0.1) is 0 Å². The zero-order valence-corrected chi connectivity index (χ0v) is 14.3. The topological polar surface area (TPSA) is 93.8 Å². The van der Waals surface area contributed by atoms with Gasteiger partial charge in [0, 0.05) is 17.2 Å². The molecule has 0 aliphatic carbocycles. The molecule has 0 atom stereocenters. The summed E-state index contributed by atoms with van der Waals surface area (Å²) in [5.74, 6) is 0.187. The molecule has 0 spiro atoms. The molecule has 7 nitrogen and oxygen atoms in total. The molecular formula is C18H19N3O4. The van der Waals surface area contributed by atoms with Gasteiger partial charge in [0.05, 0.1) is 11.1 Å². The van der Waals surface area contributed by atoms with Gasteiger partial charge in [0.2, 0.25) is 0 Å². The van der Waals surface area contributed by atoms with Gasteiger partial charge in [-0.25, -0.2) is 5.43 Å². The summed E-state index contributed by atoms with van der Waals surface area (Å²) in [4.78, 5) is 22.2. The summed E-state index contributed by atoms with van der Waals surface area (Å²) in [6, 6.07) is 10.3. The van der Waals surface area contributed by atoms with Crippen molar-refractivity contribution in [2.45, 2.75) is 20.8 Å². The minimum absolute atomic E-state index is 0.00773. The van der Waals surface area contributed by atoms with Crippen LogP contribution in [-0.2, 0) is 4.79 Å². The Kier molecular flexibility index (Phi) is 5.84. The number of hydrazone groups is 1. The maximum Gasteiger partial charge on any atom is 0.277 e. The van der Waals surface area contributed by atoms with Gasteiger partial charge in [0.15, 0.2) is 6.61 Å². The lowest BCUT2D eigenvalue weighted by Crippen LogP contribution is -2.24. The molecule has 2 aromatic carbocycles. The number of carbonyl (C=O) groups excluding carboxylic acids is 1. The van der Waals surface area contributed by atoms with Crippen molar-refractivity contribution in [3.63, 3.8) is 0 Å². The Morgan fingerprint density at radius 3 is 2.56 bits per heavy atom. The molecule has 0 heterocycles. The summed E-state index contributed by atoms with van der Waals surface area (Å²) in [6.45, 7) is 5.45. The summed E-state index contributed by atoms with van der Waals surface area (Å²) in [7, 11) is 0. The molecule has 0 saturated carbocycles. The molecule has 0 unspecified atom stereocenters. The number of nitrogens with one attached hydrogen (secondary N) is 1. The van der Waals surface area contributed by atoms with Crippen molar-refractivity contribution in [1.82, 2.24) is 5.43 Å². The third kappa shape index (κ3) is 5.13. The Balaban J connectivity index is 1.89. The quantitative estimate of drug-likeness (QED) is 0.496. The van der Waals surface area contributed by atoms with Crippen molar-refractivity contribution in [1.29, 1.82) is 0 Å². The van der Waals surface area contributed by atoms with Crippen LogP contribution in [0.2, 0.25) is 0 Å². The molecule has 2 rings (SSSR count). The predicted octanol–water partition coefficient (Wildman–Crippen LogP) is 3.05. The number of ether oxygens (including phenoxy) is 1. The minimum Gasteiger partial charge on any atom is -0.484 e.